The van der Waals surface area contributed by atoms with Crippen LogP contribution in [0, 0.1) is 12.8 Å². The molecule has 1 aromatic heterocycles. The molecule has 2 aliphatic rings. The van der Waals surface area contributed by atoms with E-state index in [2.05, 4.69) is 41.3 Å². The van der Waals surface area contributed by atoms with Gasteiger partial charge in [-0.15, -0.1) is 0 Å². The SMILES string of the molecule is Cc1cc(CNC2CC2)cc(N(C)CC2CCC2)n1. The lowest BCUT2D eigenvalue weighted by Crippen LogP contribution is -2.30. The molecule has 3 heteroatoms. The molecule has 3 rings (SSSR count). The van der Waals surface area contributed by atoms with Crippen molar-refractivity contribution in [2.75, 3.05) is 18.5 Å². The Balaban J connectivity index is 1.64. The van der Waals surface area contributed by atoms with Crippen LogP contribution >= 0.6 is 0 Å². The van der Waals surface area contributed by atoms with Gasteiger partial charge in [0.2, 0.25) is 0 Å². The molecule has 1 heterocycles. The molecule has 0 amide bonds. The van der Waals surface area contributed by atoms with Crippen molar-refractivity contribution in [2.45, 2.75) is 51.6 Å². The van der Waals surface area contributed by atoms with E-state index in [1.165, 1.54) is 37.7 Å². The summed E-state index contributed by atoms with van der Waals surface area (Å²) in [5.74, 6) is 2.03. The van der Waals surface area contributed by atoms with E-state index in [-0.39, 0.29) is 0 Å². The summed E-state index contributed by atoms with van der Waals surface area (Å²) in [6.07, 6.45) is 6.89. The highest BCUT2D eigenvalue weighted by molar-refractivity contribution is 5.42. The van der Waals surface area contributed by atoms with Crippen molar-refractivity contribution in [3.8, 4) is 0 Å². The van der Waals surface area contributed by atoms with Gasteiger partial charge in [0, 0.05) is 31.9 Å². The average molecular weight is 259 g/mol. The van der Waals surface area contributed by atoms with Crippen LogP contribution in [0.1, 0.15) is 43.4 Å². The van der Waals surface area contributed by atoms with Crippen LogP contribution in [0.4, 0.5) is 5.82 Å². The van der Waals surface area contributed by atoms with E-state index in [0.717, 1.165) is 36.6 Å². The summed E-state index contributed by atoms with van der Waals surface area (Å²) in [5, 5.41) is 3.58. The summed E-state index contributed by atoms with van der Waals surface area (Å²) in [6.45, 7) is 4.24. The van der Waals surface area contributed by atoms with E-state index >= 15 is 0 Å². The summed E-state index contributed by atoms with van der Waals surface area (Å²) >= 11 is 0. The molecule has 0 radical (unpaired) electrons. The fourth-order valence-corrected chi connectivity index (χ4v) is 2.72. The summed E-state index contributed by atoms with van der Waals surface area (Å²) in [4.78, 5) is 7.02. The van der Waals surface area contributed by atoms with Crippen LogP contribution in [0.2, 0.25) is 0 Å². The molecule has 19 heavy (non-hydrogen) atoms. The summed E-state index contributed by atoms with van der Waals surface area (Å²) in [7, 11) is 2.18. The Labute approximate surface area is 116 Å². The highest BCUT2D eigenvalue weighted by Crippen LogP contribution is 2.28. The van der Waals surface area contributed by atoms with Gasteiger partial charge in [-0.25, -0.2) is 4.98 Å². The van der Waals surface area contributed by atoms with Crippen LogP contribution < -0.4 is 10.2 Å². The Hall–Kier alpha value is -1.09. The van der Waals surface area contributed by atoms with Crippen molar-refractivity contribution in [2.24, 2.45) is 5.92 Å². The van der Waals surface area contributed by atoms with Gasteiger partial charge in [-0.2, -0.15) is 0 Å². The highest BCUT2D eigenvalue weighted by atomic mass is 15.2. The van der Waals surface area contributed by atoms with Crippen molar-refractivity contribution in [3.05, 3.63) is 23.4 Å². The summed E-state index contributed by atoms with van der Waals surface area (Å²) in [6, 6.07) is 5.22. The maximum atomic E-state index is 4.69. The Morgan fingerprint density at radius 3 is 2.68 bits per heavy atom. The molecule has 0 unspecified atom stereocenters. The molecule has 1 aromatic rings. The number of aryl methyl sites for hydroxylation is 1. The van der Waals surface area contributed by atoms with Crippen molar-refractivity contribution in [3.63, 3.8) is 0 Å². The number of rotatable bonds is 6. The zero-order valence-electron chi connectivity index (χ0n) is 12.2. The fourth-order valence-electron chi connectivity index (χ4n) is 2.72. The normalized spacial score (nSPS) is 19.3. The molecule has 2 saturated carbocycles. The first-order chi connectivity index (χ1) is 9.20. The van der Waals surface area contributed by atoms with E-state index in [1.807, 2.05) is 0 Å². The number of aromatic nitrogens is 1. The molecule has 0 spiro atoms. The van der Waals surface area contributed by atoms with E-state index in [4.69, 9.17) is 0 Å². The largest absolute Gasteiger partial charge is 0.359 e. The van der Waals surface area contributed by atoms with Crippen LogP contribution in [0.15, 0.2) is 12.1 Å². The third-order valence-electron chi connectivity index (χ3n) is 4.32. The van der Waals surface area contributed by atoms with Crippen LogP contribution in [-0.2, 0) is 6.54 Å². The molecule has 0 aliphatic heterocycles. The number of nitrogens with zero attached hydrogens (tertiary/aromatic N) is 2. The first-order valence-electron chi connectivity index (χ1n) is 7.63. The predicted molar refractivity (Wildman–Crippen MR) is 79.4 cm³/mol. The standard InChI is InChI=1S/C16H25N3/c1-12-8-14(10-17-15-6-7-15)9-16(18-12)19(2)11-13-4-3-5-13/h8-9,13,15,17H,3-7,10-11H2,1-2H3. The Morgan fingerprint density at radius 2 is 2.05 bits per heavy atom. The zero-order chi connectivity index (χ0) is 13.2. The molecule has 0 bridgehead atoms. The van der Waals surface area contributed by atoms with Gasteiger partial charge in [0.05, 0.1) is 0 Å². The van der Waals surface area contributed by atoms with E-state index in [9.17, 15) is 0 Å². The number of hydrogen-bond acceptors (Lipinski definition) is 3. The summed E-state index contributed by atoms with van der Waals surface area (Å²) in [5.41, 5.74) is 2.50. The maximum absolute atomic E-state index is 4.69. The van der Waals surface area contributed by atoms with E-state index in [1.54, 1.807) is 0 Å². The second-order valence-electron chi connectivity index (χ2n) is 6.31. The minimum atomic E-state index is 0.768. The molecule has 2 fully saturated rings. The van der Waals surface area contributed by atoms with Gasteiger partial charge in [0.1, 0.15) is 5.82 Å². The van der Waals surface area contributed by atoms with Gasteiger partial charge in [0.25, 0.3) is 0 Å². The Kier molecular flexibility index (Phi) is 3.74. The van der Waals surface area contributed by atoms with Crippen molar-refractivity contribution in [1.29, 1.82) is 0 Å². The monoisotopic (exact) mass is 259 g/mol. The van der Waals surface area contributed by atoms with Gasteiger partial charge in [0.15, 0.2) is 0 Å². The van der Waals surface area contributed by atoms with Crippen molar-refractivity contribution >= 4 is 5.82 Å². The van der Waals surface area contributed by atoms with Crippen LogP contribution in [0.5, 0.6) is 0 Å². The average Bonchev–Trinajstić information content (AvgIpc) is 3.14. The first-order valence-corrected chi connectivity index (χ1v) is 7.63. The third kappa shape index (κ3) is 3.47. The molecule has 0 saturated heterocycles. The molecular formula is C16H25N3. The minimum absolute atomic E-state index is 0.768. The number of nitrogens with one attached hydrogen (secondary N) is 1. The zero-order valence-corrected chi connectivity index (χ0v) is 12.2. The fraction of sp³-hybridized carbons (Fsp3) is 0.688. The van der Waals surface area contributed by atoms with Gasteiger partial charge in [-0.3, -0.25) is 0 Å². The second kappa shape index (κ2) is 5.49. The number of hydrogen-bond donors (Lipinski definition) is 1. The maximum Gasteiger partial charge on any atom is 0.128 e. The first kappa shape index (κ1) is 12.9. The number of pyridine rings is 1. The van der Waals surface area contributed by atoms with Crippen molar-refractivity contribution in [1.82, 2.24) is 10.3 Å². The van der Waals surface area contributed by atoms with Gasteiger partial charge in [-0.05, 0) is 56.2 Å². The van der Waals surface area contributed by atoms with Crippen LogP contribution in [-0.4, -0.2) is 24.6 Å². The Bertz CT molecular complexity index is 436. The van der Waals surface area contributed by atoms with Crippen LogP contribution in [0.3, 0.4) is 0 Å². The molecule has 3 nitrogen and oxygen atoms in total. The molecule has 2 aliphatic carbocycles. The smallest absolute Gasteiger partial charge is 0.128 e. The lowest BCUT2D eigenvalue weighted by Gasteiger charge is -2.31. The quantitative estimate of drug-likeness (QED) is 0.851. The van der Waals surface area contributed by atoms with Crippen molar-refractivity contribution < 1.29 is 0 Å². The molecule has 1 N–H and O–H groups in total. The van der Waals surface area contributed by atoms with Gasteiger partial charge < -0.3 is 10.2 Å². The second-order valence-corrected chi connectivity index (χ2v) is 6.31. The molecule has 0 atom stereocenters. The molecule has 0 aromatic carbocycles. The molecular weight excluding hydrogens is 234 g/mol. The Morgan fingerprint density at radius 1 is 1.26 bits per heavy atom. The highest BCUT2D eigenvalue weighted by Gasteiger charge is 2.21. The lowest BCUT2D eigenvalue weighted by molar-refractivity contribution is 0.321. The lowest BCUT2D eigenvalue weighted by atomic mass is 9.85. The van der Waals surface area contributed by atoms with E-state index < -0.39 is 0 Å². The summed E-state index contributed by atoms with van der Waals surface area (Å²) < 4.78 is 0. The topological polar surface area (TPSA) is 28.2 Å². The predicted octanol–water partition coefficient (Wildman–Crippen LogP) is 2.88. The molecule has 104 valence electrons. The third-order valence-corrected chi connectivity index (χ3v) is 4.32. The van der Waals surface area contributed by atoms with E-state index in [0.29, 0.717) is 0 Å². The van der Waals surface area contributed by atoms with Gasteiger partial charge >= 0.3 is 0 Å². The number of anilines is 1. The minimum Gasteiger partial charge on any atom is -0.359 e. The van der Waals surface area contributed by atoms with Crippen LogP contribution in [0.25, 0.3) is 0 Å². The van der Waals surface area contributed by atoms with Gasteiger partial charge in [-0.1, -0.05) is 6.42 Å².